The van der Waals surface area contributed by atoms with Crippen molar-refractivity contribution < 1.29 is 4.74 Å². The number of hydrogen-bond acceptors (Lipinski definition) is 4. The van der Waals surface area contributed by atoms with E-state index in [4.69, 9.17) is 4.74 Å². The molecule has 3 aliphatic rings. The van der Waals surface area contributed by atoms with Gasteiger partial charge in [0.05, 0.1) is 18.2 Å². The van der Waals surface area contributed by atoms with E-state index in [0.717, 1.165) is 45.1 Å². The highest BCUT2D eigenvalue weighted by Crippen LogP contribution is 2.34. The first-order chi connectivity index (χ1) is 14.2. The van der Waals surface area contributed by atoms with Gasteiger partial charge in [0.1, 0.15) is 0 Å². The van der Waals surface area contributed by atoms with Crippen molar-refractivity contribution >= 4 is 35.6 Å². The second-order valence-electron chi connectivity index (χ2n) is 8.73. The van der Waals surface area contributed by atoms with Gasteiger partial charge in [0.25, 0.3) is 0 Å². The fourth-order valence-electron chi connectivity index (χ4n) is 4.88. The van der Waals surface area contributed by atoms with E-state index >= 15 is 0 Å². The van der Waals surface area contributed by atoms with Crippen LogP contribution in [0.5, 0.6) is 0 Å². The first-order valence-corrected chi connectivity index (χ1v) is 11.4. The Hall–Kier alpha value is -1.06. The lowest BCUT2D eigenvalue weighted by atomic mass is 9.96. The molecule has 2 N–H and O–H groups in total. The molecule has 0 aliphatic carbocycles. The number of fused-ring (bicyclic) bond motifs is 2. The number of guanidine groups is 1. The summed E-state index contributed by atoms with van der Waals surface area (Å²) < 4.78 is 5.93. The van der Waals surface area contributed by atoms with Gasteiger partial charge in [-0.2, -0.15) is 0 Å². The highest BCUT2D eigenvalue weighted by Gasteiger charge is 2.41. The molecule has 3 unspecified atom stereocenters. The number of nitrogens with zero attached hydrogens (tertiary/aromatic N) is 3. The first-order valence-electron chi connectivity index (χ1n) is 11.4. The predicted molar refractivity (Wildman–Crippen MR) is 135 cm³/mol. The molecule has 3 saturated heterocycles. The number of nitrogens with one attached hydrogen (secondary N) is 2. The smallest absolute Gasteiger partial charge is 0.191 e. The summed E-state index contributed by atoms with van der Waals surface area (Å²) in [6.45, 7) is 8.92. The Morgan fingerprint density at radius 2 is 2.00 bits per heavy atom. The minimum absolute atomic E-state index is 0. The Bertz CT molecular complexity index is 692. The van der Waals surface area contributed by atoms with E-state index < -0.39 is 0 Å². The molecular weight excluding hydrogens is 489 g/mol. The van der Waals surface area contributed by atoms with Crippen LogP contribution in [0.25, 0.3) is 0 Å². The normalized spacial score (nSPS) is 26.5. The Morgan fingerprint density at radius 1 is 1.17 bits per heavy atom. The van der Waals surface area contributed by atoms with Crippen molar-refractivity contribution in [3.8, 4) is 0 Å². The topological polar surface area (TPSA) is 52.1 Å². The molecule has 2 bridgehead atoms. The van der Waals surface area contributed by atoms with Crippen molar-refractivity contribution in [2.45, 2.75) is 57.3 Å². The van der Waals surface area contributed by atoms with Crippen molar-refractivity contribution in [3.05, 3.63) is 29.8 Å². The van der Waals surface area contributed by atoms with Gasteiger partial charge in [-0.25, -0.2) is 0 Å². The van der Waals surface area contributed by atoms with Crippen LogP contribution in [0.3, 0.4) is 0 Å². The molecule has 168 valence electrons. The molecule has 0 aromatic heterocycles. The van der Waals surface area contributed by atoms with Crippen molar-refractivity contribution in [1.82, 2.24) is 15.5 Å². The molecule has 6 nitrogen and oxygen atoms in total. The average molecular weight is 527 g/mol. The number of halogens is 1. The van der Waals surface area contributed by atoms with Crippen LogP contribution in [-0.4, -0.2) is 75.4 Å². The summed E-state index contributed by atoms with van der Waals surface area (Å²) in [5.74, 6) is 0.929. The van der Waals surface area contributed by atoms with Crippen LogP contribution >= 0.6 is 24.0 Å². The SMILES string of the molecule is CN=C(NCCCCN1CCN(c2cccc(C)c2)CC1)NC1CC2CCC1O2.I. The summed E-state index contributed by atoms with van der Waals surface area (Å²) in [5.41, 5.74) is 2.71. The van der Waals surface area contributed by atoms with Gasteiger partial charge in [-0.3, -0.25) is 9.89 Å². The zero-order chi connectivity index (χ0) is 20.1. The van der Waals surface area contributed by atoms with E-state index in [1.165, 1.54) is 43.5 Å². The van der Waals surface area contributed by atoms with Crippen molar-refractivity contribution in [2.75, 3.05) is 51.2 Å². The summed E-state index contributed by atoms with van der Waals surface area (Å²) in [6, 6.07) is 9.30. The molecule has 0 amide bonds. The number of unbranched alkanes of at least 4 members (excludes halogenated alkanes) is 1. The largest absolute Gasteiger partial charge is 0.373 e. The summed E-state index contributed by atoms with van der Waals surface area (Å²) in [5, 5.41) is 7.04. The maximum Gasteiger partial charge on any atom is 0.191 e. The van der Waals surface area contributed by atoms with E-state index in [0.29, 0.717) is 18.2 Å². The number of aryl methyl sites for hydroxylation is 1. The minimum atomic E-state index is 0. The molecule has 3 heterocycles. The lowest BCUT2D eigenvalue weighted by Crippen LogP contribution is -2.48. The molecule has 30 heavy (non-hydrogen) atoms. The van der Waals surface area contributed by atoms with Crippen molar-refractivity contribution in [2.24, 2.45) is 4.99 Å². The van der Waals surface area contributed by atoms with Gasteiger partial charge in [-0.15, -0.1) is 24.0 Å². The van der Waals surface area contributed by atoms with Gasteiger partial charge in [0.2, 0.25) is 0 Å². The Kier molecular flexibility index (Phi) is 9.07. The third-order valence-electron chi connectivity index (χ3n) is 6.58. The summed E-state index contributed by atoms with van der Waals surface area (Å²) in [4.78, 5) is 9.51. The standard InChI is InChI=1S/C23H37N5O.HI/c1-18-6-5-7-19(16-18)28-14-12-27(13-15-28)11-4-3-10-25-23(24-2)26-21-17-20-8-9-22(21)29-20;/h5-7,16,20-22H,3-4,8-15,17H2,1-2H3,(H2,24,25,26);1H. The Morgan fingerprint density at radius 3 is 2.67 bits per heavy atom. The van der Waals surface area contributed by atoms with Crippen LogP contribution in [0.15, 0.2) is 29.3 Å². The molecule has 1 aromatic carbocycles. The van der Waals surface area contributed by atoms with E-state index in [1.807, 2.05) is 7.05 Å². The Balaban J connectivity index is 0.00000256. The number of piperazine rings is 1. The lowest BCUT2D eigenvalue weighted by molar-refractivity contribution is 0.0992. The Labute approximate surface area is 198 Å². The zero-order valence-electron chi connectivity index (χ0n) is 18.5. The molecule has 0 saturated carbocycles. The second-order valence-corrected chi connectivity index (χ2v) is 8.73. The molecule has 1 aromatic rings. The molecule has 3 fully saturated rings. The predicted octanol–water partition coefficient (Wildman–Crippen LogP) is 3.00. The number of anilines is 1. The monoisotopic (exact) mass is 527 g/mol. The summed E-state index contributed by atoms with van der Waals surface area (Å²) in [6.07, 6.45) is 6.81. The van der Waals surface area contributed by atoms with Gasteiger partial charge >= 0.3 is 0 Å². The van der Waals surface area contributed by atoms with Crippen LogP contribution in [0.2, 0.25) is 0 Å². The number of aliphatic imine (C=N–C) groups is 1. The van der Waals surface area contributed by atoms with Crippen molar-refractivity contribution in [1.29, 1.82) is 0 Å². The number of benzene rings is 1. The highest BCUT2D eigenvalue weighted by molar-refractivity contribution is 14.0. The third kappa shape index (κ3) is 6.23. The minimum Gasteiger partial charge on any atom is -0.373 e. The van der Waals surface area contributed by atoms with Gasteiger partial charge in [0.15, 0.2) is 5.96 Å². The summed E-state index contributed by atoms with van der Waals surface area (Å²) >= 11 is 0. The van der Waals surface area contributed by atoms with Crippen molar-refractivity contribution in [3.63, 3.8) is 0 Å². The number of rotatable bonds is 7. The maximum absolute atomic E-state index is 5.93. The molecule has 0 radical (unpaired) electrons. The number of hydrogen-bond donors (Lipinski definition) is 2. The van der Waals surface area contributed by atoms with Crippen LogP contribution in [0.1, 0.15) is 37.7 Å². The molecule has 3 atom stereocenters. The van der Waals surface area contributed by atoms with E-state index in [-0.39, 0.29) is 24.0 Å². The van der Waals surface area contributed by atoms with Crippen LogP contribution < -0.4 is 15.5 Å². The average Bonchev–Trinajstić information content (AvgIpc) is 3.36. The molecular formula is C23H38IN5O. The van der Waals surface area contributed by atoms with Gasteiger partial charge in [-0.1, -0.05) is 12.1 Å². The van der Waals surface area contributed by atoms with Gasteiger partial charge in [-0.05, 0) is 63.3 Å². The molecule has 0 spiro atoms. The third-order valence-corrected chi connectivity index (χ3v) is 6.58. The fraction of sp³-hybridized carbons (Fsp3) is 0.696. The first kappa shape index (κ1) is 23.6. The molecule has 3 aliphatic heterocycles. The van der Waals surface area contributed by atoms with E-state index in [1.54, 1.807) is 0 Å². The summed E-state index contributed by atoms with van der Waals surface area (Å²) in [7, 11) is 1.86. The lowest BCUT2D eigenvalue weighted by Gasteiger charge is -2.36. The van der Waals surface area contributed by atoms with Crippen LogP contribution in [-0.2, 0) is 4.74 Å². The number of ether oxygens (including phenoxy) is 1. The van der Waals surface area contributed by atoms with Crippen LogP contribution in [0.4, 0.5) is 5.69 Å². The van der Waals surface area contributed by atoms with Crippen LogP contribution in [0, 0.1) is 6.92 Å². The second kappa shape index (κ2) is 11.5. The van der Waals surface area contributed by atoms with E-state index in [2.05, 4.69) is 56.6 Å². The maximum atomic E-state index is 5.93. The zero-order valence-corrected chi connectivity index (χ0v) is 20.8. The quantitative estimate of drug-likeness (QED) is 0.247. The van der Waals surface area contributed by atoms with Gasteiger partial charge < -0.3 is 20.3 Å². The fourth-order valence-corrected chi connectivity index (χ4v) is 4.88. The highest BCUT2D eigenvalue weighted by atomic mass is 127. The molecule has 7 heteroatoms. The molecule has 4 rings (SSSR count). The van der Waals surface area contributed by atoms with E-state index in [9.17, 15) is 0 Å². The van der Waals surface area contributed by atoms with Gasteiger partial charge in [0, 0.05) is 45.5 Å².